The van der Waals surface area contributed by atoms with E-state index < -0.39 is 0 Å². The summed E-state index contributed by atoms with van der Waals surface area (Å²) in [4.78, 5) is 0. The molecular weight excluding hydrogens is 235 g/mol. The first-order chi connectivity index (χ1) is 8.13. The van der Waals surface area contributed by atoms with Gasteiger partial charge in [0.25, 0.3) is 0 Å². The number of benzene rings is 1. The van der Waals surface area contributed by atoms with Crippen LogP contribution in [0.3, 0.4) is 0 Å². The Morgan fingerprint density at radius 3 is 2.65 bits per heavy atom. The van der Waals surface area contributed by atoms with Crippen molar-refractivity contribution < 1.29 is 4.39 Å². The third kappa shape index (κ3) is 4.30. The van der Waals surface area contributed by atoms with Gasteiger partial charge in [0.05, 0.1) is 0 Å². The van der Waals surface area contributed by atoms with Crippen LogP contribution in [0.1, 0.15) is 25.3 Å². The van der Waals surface area contributed by atoms with Crippen LogP contribution in [0.25, 0.3) is 0 Å². The normalized spacial score (nSPS) is 16.4. The van der Waals surface area contributed by atoms with Crippen LogP contribution in [0.15, 0.2) is 24.3 Å². The van der Waals surface area contributed by atoms with Crippen molar-refractivity contribution in [2.75, 3.05) is 0 Å². The first-order valence-corrected chi connectivity index (χ1v) is 6.36. The first-order valence-electron chi connectivity index (χ1n) is 5.95. The van der Waals surface area contributed by atoms with E-state index in [-0.39, 0.29) is 11.9 Å². The molecule has 0 amide bonds. The van der Waals surface area contributed by atoms with E-state index in [0.29, 0.717) is 6.04 Å². The molecule has 1 aliphatic rings. The van der Waals surface area contributed by atoms with E-state index in [9.17, 15) is 4.39 Å². The number of halogens is 1. The molecule has 0 aliphatic heterocycles. The number of rotatable bonds is 4. The summed E-state index contributed by atoms with van der Waals surface area (Å²) in [5.41, 5.74) is 1.11. The Labute approximate surface area is 107 Å². The summed E-state index contributed by atoms with van der Waals surface area (Å²) in [7, 11) is 0. The minimum absolute atomic E-state index is 0.194. The Balaban J connectivity index is 1.77. The molecule has 1 saturated carbocycles. The summed E-state index contributed by atoms with van der Waals surface area (Å²) < 4.78 is 12.7. The third-order valence-electron chi connectivity index (χ3n) is 2.75. The maximum atomic E-state index is 12.7. The van der Waals surface area contributed by atoms with Crippen molar-refractivity contribution in [1.82, 2.24) is 10.6 Å². The highest BCUT2D eigenvalue weighted by Gasteiger charge is 2.22. The van der Waals surface area contributed by atoms with Crippen molar-refractivity contribution in [1.29, 1.82) is 0 Å². The lowest BCUT2D eigenvalue weighted by atomic mass is 10.1. The van der Waals surface area contributed by atoms with E-state index in [0.717, 1.165) is 17.1 Å². The summed E-state index contributed by atoms with van der Waals surface area (Å²) in [5.74, 6) is -0.194. The summed E-state index contributed by atoms with van der Waals surface area (Å²) >= 11 is 5.20. The quantitative estimate of drug-likeness (QED) is 0.805. The van der Waals surface area contributed by atoms with Crippen LogP contribution >= 0.6 is 12.2 Å². The zero-order valence-electron chi connectivity index (χ0n) is 9.87. The molecule has 2 N–H and O–H groups in total. The number of hydrogen-bond donors (Lipinski definition) is 2. The lowest BCUT2D eigenvalue weighted by Gasteiger charge is -2.16. The molecule has 2 nitrogen and oxygen atoms in total. The van der Waals surface area contributed by atoms with Crippen molar-refractivity contribution in [2.24, 2.45) is 0 Å². The Hall–Kier alpha value is -1.16. The summed E-state index contributed by atoms with van der Waals surface area (Å²) in [5, 5.41) is 7.21. The van der Waals surface area contributed by atoms with Crippen LogP contribution < -0.4 is 10.6 Å². The van der Waals surface area contributed by atoms with Gasteiger partial charge in [0.2, 0.25) is 0 Å². The van der Waals surface area contributed by atoms with Gasteiger partial charge < -0.3 is 10.6 Å². The number of thiocarbonyl (C=S) groups is 1. The first kappa shape index (κ1) is 12.3. The lowest BCUT2D eigenvalue weighted by molar-refractivity contribution is 0.622. The van der Waals surface area contributed by atoms with Crippen molar-refractivity contribution in [3.63, 3.8) is 0 Å². The van der Waals surface area contributed by atoms with Gasteiger partial charge in [-0.25, -0.2) is 4.39 Å². The monoisotopic (exact) mass is 252 g/mol. The SMILES string of the molecule is CC(Cc1ccc(F)cc1)NC(=S)NC1CC1. The van der Waals surface area contributed by atoms with Crippen molar-refractivity contribution in [2.45, 2.75) is 38.3 Å². The minimum Gasteiger partial charge on any atom is -0.360 e. The second kappa shape index (κ2) is 5.45. The molecule has 1 aromatic carbocycles. The largest absolute Gasteiger partial charge is 0.360 e. The highest BCUT2D eigenvalue weighted by Crippen LogP contribution is 2.18. The summed E-state index contributed by atoms with van der Waals surface area (Å²) in [6.07, 6.45) is 3.27. The topological polar surface area (TPSA) is 24.1 Å². The number of nitrogens with one attached hydrogen (secondary N) is 2. The average Bonchev–Trinajstić information content (AvgIpc) is 3.05. The van der Waals surface area contributed by atoms with Gasteiger partial charge in [0.1, 0.15) is 5.82 Å². The Morgan fingerprint density at radius 2 is 2.06 bits per heavy atom. The molecule has 1 fully saturated rings. The van der Waals surface area contributed by atoms with E-state index in [1.165, 1.54) is 25.0 Å². The van der Waals surface area contributed by atoms with Crippen molar-refractivity contribution in [3.05, 3.63) is 35.6 Å². The van der Waals surface area contributed by atoms with Gasteiger partial charge in [0, 0.05) is 12.1 Å². The molecule has 2 rings (SSSR count). The van der Waals surface area contributed by atoms with E-state index in [1.54, 1.807) is 0 Å². The number of hydrogen-bond acceptors (Lipinski definition) is 1. The Morgan fingerprint density at radius 1 is 1.41 bits per heavy atom. The fraction of sp³-hybridized carbons (Fsp3) is 0.462. The standard InChI is InChI=1S/C13H17FN2S/c1-9(15-13(17)16-12-6-7-12)8-10-2-4-11(14)5-3-10/h2-5,9,12H,6-8H2,1H3,(H2,15,16,17). The zero-order valence-corrected chi connectivity index (χ0v) is 10.7. The van der Waals surface area contributed by atoms with Crippen molar-refractivity contribution in [3.8, 4) is 0 Å². The van der Waals surface area contributed by atoms with E-state index >= 15 is 0 Å². The summed E-state index contributed by atoms with van der Waals surface area (Å²) in [6, 6.07) is 7.42. The predicted molar refractivity (Wildman–Crippen MR) is 71.5 cm³/mol. The molecule has 0 spiro atoms. The van der Waals surface area contributed by atoms with Crippen LogP contribution in [-0.2, 0) is 6.42 Å². The molecule has 17 heavy (non-hydrogen) atoms. The van der Waals surface area contributed by atoms with Crippen LogP contribution in [0.5, 0.6) is 0 Å². The molecule has 0 heterocycles. The second-order valence-corrected chi connectivity index (χ2v) is 5.03. The molecule has 0 bridgehead atoms. The van der Waals surface area contributed by atoms with Crippen LogP contribution in [0.2, 0.25) is 0 Å². The molecule has 4 heteroatoms. The molecule has 0 saturated heterocycles. The van der Waals surface area contributed by atoms with E-state index in [1.807, 2.05) is 12.1 Å². The maximum Gasteiger partial charge on any atom is 0.166 e. The molecule has 0 radical (unpaired) electrons. The Kier molecular flexibility index (Phi) is 3.94. The Bertz CT molecular complexity index is 387. The molecule has 92 valence electrons. The molecule has 1 unspecified atom stereocenters. The molecule has 0 aromatic heterocycles. The van der Waals surface area contributed by atoms with Crippen LogP contribution in [0.4, 0.5) is 4.39 Å². The van der Waals surface area contributed by atoms with Crippen LogP contribution in [-0.4, -0.2) is 17.2 Å². The highest BCUT2D eigenvalue weighted by atomic mass is 32.1. The lowest BCUT2D eigenvalue weighted by Crippen LogP contribution is -2.42. The van der Waals surface area contributed by atoms with Gasteiger partial charge in [-0.3, -0.25) is 0 Å². The van der Waals surface area contributed by atoms with Gasteiger partial charge in [-0.2, -0.15) is 0 Å². The van der Waals surface area contributed by atoms with Gasteiger partial charge in [0.15, 0.2) is 5.11 Å². The maximum absolute atomic E-state index is 12.7. The van der Waals surface area contributed by atoms with Gasteiger partial charge in [-0.05, 0) is 56.1 Å². The fourth-order valence-electron chi connectivity index (χ4n) is 1.70. The van der Waals surface area contributed by atoms with E-state index in [4.69, 9.17) is 12.2 Å². The van der Waals surface area contributed by atoms with E-state index in [2.05, 4.69) is 17.6 Å². The molecule has 1 atom stereocenters. The summed E-state index contributed by atoms with van der Waals surface area (Å²) in [6.45, 7) is 2.07. The van der Waals surface area contributed by atoms with Gasteiger partial charge in [-0.15, -0.1) is 0 Å². The molecular formula is C13H17FN2S. The smallest absolute Gasteiger partial charge is 0.166 e. The highest BCUT2D eigenvalue weighted by molar-refractivity contribution is 7.80. The van der Waals surface area contributed by atoms with Gasteiger partial charge in [-0.1, -0.05) is 12.1 Å². The average molecular weight is 252 g/mol. The van der Waals surface area contributed by atoms with Gasteiger partial charge >= 0.3 is 0 Å². The minimum atomic E-state index is -0.194. The predicted octanol–water partition coefficient (Wildman–Crippen LogP) is 2.38. The fourth-order valence-corrected chi connectivity index (χ4v) is 2.07. The molecule has 1 aliphatic carbocycles. The van der Waals surface area contributed by atoms with Crippen LogP contribution in [0, 0.1) is 5.82 Å². The van der Waals surface area contributed by atoms with Crippen molar-refractivity contribution >= 4 is 17.3 Å². The second-order valence-electron chi connectivity index (χ2n) is 4.62. The molecule has 1 aromatic rings. The zero-order chi connectivity index (χ0) is 12.3. The third-order valence-corrected chi connectivity index (χ3v) is 2.98.